The van der Waals surface area contributed by atoms with E-state index in [0.717, 1.165) is 39.2 Å². The van der Waals surface area contributed by atoms with Crippen molar-refractivity contribution in [2.24, 2.45) is 0 Å². The van der Waals surface area contributed by atoms with Crippen LogP contribution in [0.4, 0.5) is 5.69 Å². The van der Waals surface area contributed by atoms with Crippen LogP contribution in [0.25, 0.3) is 0 Å². The Labute approximate surface area is 204 Å². The summed E-state index contributed by atoms with van der Waals surface area (Å²) >= 11 is 0. The van der Waals surface area contributed by atoms with Crippen molar-refractivity contribution in [3.05, 3.63) is 64.7 Å². The number of nitrogens with one attached hydrogen (secondary N) is 1. The maximum atomic E-state index is 13.7. The molecular weight excluding hydrogens is 450 g/mol. The van der Waals surface area contributed by atoms with Crippen molar-refractivity contribution in [3.63, 3.8) is 0 Å². The molecule has 0 aliphatic rings. The summed E-state index contributed by atoms with van der Waals surface area (Å²) in [6, 6.07) is 12.5. The zero-order chi connectivity index (χ0) is 25.5. The van der Waals surface area contributed by atoms with Crippen LogP contribution >= 0.6 is 0 Å². The van der Waals surface area contributed by atoms with Gasteiger partial charge in [0, 0.05) is 13.1 Å². The average molecular weight is 488 g/mol. The van der Waals surface area contributed by atoms with Crippen LogP contribution in [0.2, 0.25) is 0 Å². The van der Waals surface area contributed by atoms with Gasteiger partial charge < -0.3 is 10.2 Å². The molecule has 0 aliphatic carbocycles. The molecule has 186 valence electrons. The van der Waals surface area contributed by atoms with Crippen LogP contribution < -0.4 is 9.62 Å². The van der Waals surface area contributed by atoms with Gasteiger partial charge in [-0.25, -0.2) is 8.42 Å². The zero-order valence-corrected chi connectivity index (χ0v) is 21.9. The minimum atomic E-state index is -3.74. The first-order chi connectivity index (χ1) is 16.0. The number of amides is 2. The standard InChI is InChI=1S/C26H37N3O4S/c1-7-12-27-26(31)24(8-2)28(17-22-11-9-10-19(3)14-22)25(30)18-29(34(6,32)33)23-15-20(4)13-21(5)16-23/h9-11,13-16,24H,7-8,12,17-18H2,1-6H3,(H,27,31)/t24-/m0/s1. The Hall–Kier alpha value is -2.87. The second-order valence-corrected chi connectivity index (χ2v) is 10.7. The number of nitrogens with zero attached hydrogens (tertiary/aromatic N) is 2. The van der Waals surface area contributed by atoms with Gasteiger partial charge in [0.15, 0.2) is 0 Å². The highest BCUT2D eigenvalue weighted by Gasteiger charge is 2.31. The van der Waals surface area contributed by atoms with Crippen LogP contribution in [0, 0.1) is 20.8 Å². The van der Waals surface area contributed by atoms with E-state index in [4.69, 9.17) is 0 Å². The molecule has 2 aromatic rings. The van der Waals surface area contributed by atoms with Crippen molar-refractivity contribution in [1.82, 2.24) is 10.2 Å². The molecule has 0 radical (unpaired) electrons. The highest BCUT2D eigenvalue weighted by Crippen LogP contribution is 2.22. The van der Waals surface area contributed by atoms with Gasteiger partial charge in [0.1, 0.15) is 12.6 Å². The third-order valence-corrected chi connectivity index (χ3v) is 6.68. The molecule has 8 heteroatoms. The lowest BCUT2D eigenvalue weighted by molar-refractivity contribution is -0.140. The van der Waals surface area contributed by atoms with E-state index in [2.05, 4.69) is 5.32 Å². The van der Waals surface area contributed by atoms with Gasteiger partial charge in [0.25, 0.3) is 0 Å². The van der Waals surface area contributed by atoms with Crippen LogP contribution in [0.15, 0.2) is 42.5 Å². The molecule has 0 aliphatic heterocycles. The van der Waals surface area contributed by atoms with E-state index >= 15 is 0 Å². The summed E-state index contributed by atoms with van der Waals surface area (Å²) in [6.45, 7) is 9.89. The Balaban J connectivity index is 2.45. The number of anilines is 1. The van der Waals surface area contributed by atoms with Gasteiger partial charge in [-0.1, -0.05) is 49.7 Å². The van der Waals surface area contributed by atoms with Crippen LogP contribution in [-0.2, 0) is 26.2 Å². The summed E-state index contributed by atoms with van der Waals surface area (Å²) in [5, 5.41) is 2.88. The molecule has 1 atom stereocenters. The molecule has 0 spiro atoms. The summed E-state index contributed by atoms with van der Waals surface area (Å²) in [6.07, 6.45) is 2.28. The molecular formula is C26H37N3O4S. The van der Waals surface area contributed by atoms with Crippen molar-refractivity contribution in [2.45, 2.75) is 60.0 Å². The average Bonchev–Trinajstić information content (AvgIpc) is 2.74. The Morgan fingerprint density at radius 1 is 0.971 bits per heavy atom. The fraction of sp³-hybridized carbons (Fsp3) is 0.462. The largest absolute Gasteiger partial charge is 0.354 e. The van der Waals surface area contributed by atoms with Crippen LogP contribution in [0.1, 0.15) is 48.9 Å². The second-order valence-electron chi connectivity index (χ2n) is 8.84. The lowest BCUT2D eigenvalue weighted by atomic mass is 10.1. The molecule has 0 bridgehead atoms. The first kappa shape index (κ1) is 27.4. The van der Waals surface area contributed by atoms with E-state index in [1.165, 1.54) is 4.90 Å². The third-order valence-electron chi connectivity index (χ3n) is 5.54. The van der Waals surface area contributed by atoms with Gasteiger partial charge in [-0.15, -0.1) is 0 Å². The first-order valence-electron chi connectivity index (χ1n) is 11.6. The van der Waals surface area contributed by atoms with Gasteiger partial charge in [0.05, 0.1) is 11.9 Å². The van der Waals surface area contributed by atoms with Crippen molar-refractivity contribution in [1.29, 1.82) is 0 Å². The molecule has 1 N–H and O–H groups in total. The molecule has 0 heterocycles. The number of hydrogen-bond donors (Lipinski definition) is 1. The zero-order valence-electron chi connectivity index (χ0n) is 21.1. The quantitative estimate of drug-likeness (QED) is 0.523. The number of benzene rings is 2. The van der Waals surface area contributed by atoms with Crippen molar-refractivity contribution in [2.75, 3.05) is 23.7 Å². The Morgan fingerprint density at radius 2 is 1.62 bits per heavy atom. The highest BCUT2D eigenvalue weighted by molar-refractivity contribution is 7.92. The van der Waals surface area contributed by atoms with Gasteiger partial charge in [-0.2, -0.15) is 0 Å². The summed E-state index contributed by atoms with van der Waals surface area (Å²) < 4.78 is 26.5. The molecule has 2 aromatic carbocycles. The first-order valence-corrected chi connectivity index (χ1v) is 13.5. The Morgan fingerprint density at radius 3 is 2.15 bits per heavy atom. The topological polar surface area (TPSA) is 86.8 Å². The molecule has 0 unspecified atom stereocenters. The number of aryl methyl sites for hydroxylation is 3. The van der Waals surface area contributed by atoms with Crippen molar-refractivity contribution in [3.8, 4) is 0 Å². The van der Waals surface area contributed by atoms with Crippen LogP contribution in [-0.4, -0.2) is 50.5 Å². The second kappa shape index (κ2) is 12.0. The fourth-order valence-electron chi connectivity index (χ4n) is 4.00. The van der Waals surface area contributed by atoms with E-state index < -0.39 is 22.0 Å². The minimum Gasteiger partial charge on any atom is -0.354 e. The summed E-state index contributed by atoms with van der Waals surface area (Å²) in [5.74, 6) is -0.660. The Kier molecular flexibility index (Phi) is 9.67. The summed E-state index contributed by atoms with van der Waals surface area (Å²) in [7, 11) is -3.74. The van der Waals surface area contributed by atoms with E-state index in [1.54, 1.807) is 12.1 Å². The summed E-state index contributed by atoms with van der Waals surface area (Å²) in [4.78, 5) is 28.1. The smallest absolute Gasteiger partial charge is 0.244 e. The molecule has 7 nitrogen and oxygen atoms in total. The number of rotatable bonds is 11. The van der Waals surface area contributed by atoms with Crippen LogP contribution in [0.3, 0.4) is 0 Å². The van der Waals surface area contributed by atoms with Crippen LogP contribution in [0.5, 0.6) is 0 Å². The molecule has 0 saturated carbocycles. The van der Waals surface area contributed by atoms with E-state index in [-0.39, 0.29) is 19.0 Å². The maximum absolute atomic E-state index is 13.7. The number of carbonyl (C=O) groups is 2. The van der Waals surface area contributed by atoms with E-state index in [0.29, 0.717) is 18.7 Å². The maximum Gasteiger partial charge on any atom is 0.244 e. The number of hydrogen-bond acceptors (Lipinski definition) is 4. The molecule has 2 rings (SSSR count). The highest BCUT2D eigenvalue weighted by atomic mass is 32.2. The predicted octanol–water partition coefficient (Wildman–Crippen LogP) is 3.71. The molecule has 0 aromatic heterocycles. The van der Waals surface area contributed by atoms with Gasteiger partial charge >= 0.3 is 0 Å². The van der Waals surface area contributed by atoms with Gasteiger partial charge in [-0.3, -0.25) is 13.9 Å². The normalized spacial score (nSPS) is 12.2. The molecule has 2 amide bonds. The Bertz CT molecular complexity index is 1090. The molecule has 34 heavy (non-hydrogen) atoms. The monoisotopic (exact) mass is 487 g/mol. The fourth-order valence-corrected chi connectivity index (χ4v) is 4.83. The number of sulfonamides is 1. The van der Waals surface area contributed by atoms with E-state index in [1.807, 2.05) is 65.0 Å². The predicted molar refractivity (Wildman–Crippen MR) is 137 cm³/mol. The lowest BCUT2D eigenvalue weighted by Gasteiger charge is -2.33. The number of carbonyl (C=O) groups excluding carboxylic acids is 2. The van der Waals surface area contributed by atoms with Gasteiger partial charge in [-0.05, 0) is 62.4 Å². The minimum absolute atomic E-state index is 0.211. The summed E-state index contributed by atoms with van der Waals surface area (Å²) in [5.41, 5.74) is 4.16. The van der Waals surface area contributed by atoms with Crippen molar-refractivity contribution >= 4 is 27.5 Å². The lowest BCUT2D eigenvalue weighted by Crippen LogP contribution is -2.52. The van der Waals surface area contributed by atoms with E-state index in [9.17, 15) is 18.0 Å². The van der Waals surface area contributed by atoms with Crippen molar-refractivity contribution < 1.29 is 18.0 Å². The van der Waals surface area contributed by atoms with Gasteiger partial charge in [0.2, 0.25) is 21.8 Å². The molecule has 0 fully saturated rings. The third kappa shape index (κ3) is 7.58. The SMILES string of the molecule is CCCNC(=O)[C@H](CC)N(Cc1cccc(C)c1)C(=O)CN(c1cc(C)cc(C)c1)S(C)(=O)=O. The molecule has 0 saturated heterocycles.